The summed E-state index contributed by atoms with van der Waals surface area (Å²) in [7, 11) is 0. The van der Waals surface area contributed by atoms with Crippen molar-refractivity contribution in [3.63, 3.8) is 0 Å². The fourth-order valence-corrected chi connectivity index (χ4v) is 4.07. The molecule has 3 atom stereocenters. The van der Waals surface area contributed by atoms with Crippen molar-refractivity contribution in [3.05, 3.63) is 63.9 Å². The third kappa shape index (κ3) is 4.42. The average molecular weight is 463 g/mol. The van der Waals surface area contributed by atoms with Gasteiger partial charge in [0.05, 0.1) is 16.1 Å². The van der Waals surface area contributed by atoms with Gasteiger partial charge in [-0.2, -0.15) is 13.2 Å². The summed E-state index contributed by atoms with van der Waals surface area (Å²) in [5.74, 6) is -2.32. The van der Waals surface area contributed by atoms with Crippen LogP contribution in [0.3, 0.4) is 0 Å². The first-order chi connectivity index (χ1) is 14.2. The van der Waals surface area contributed by atoms with Gasteiger partial charge < -0.3 is 5.11 Å². The number of carbonyl (C=O) groups is 1. The minimum absolute atomic E-state index is 0.0420. The van der Waals surface area contributed by atoms with E-state index < -0.39 is 29.7 Å². The third-order valence-electron chi connectivity index (χ3n) is 5.22. The minimum atomic E-state index is -5.00. The summed E-state index contributed by atoms with van der Waals surface area (Å²) in [5, 5.41) is 10.4. The van der Waals surface area contributed by atoms with Gasteiger partial charge in [-0.1, -0.05) is 48.2 Å². The number of carbonyl (C=O) groups excluding carboxylic acids is 1. The molecule has 0 bridgehead atoms. The largest absolute Gasteiger partial charge is 0.424 e. The molecule has 1 aliphatic carbocycles. The van der Waals surface area contributed by atoms with Crippen molar-refractivity contribution in [1.29, 1.82) is 0 Å². The fourth-order valence-electron chi connectivity index (χ4n) is 3.77. The standard InChI is InChI=1S/C20H19Cl2F3N2O3/c21-14-9-8-12(11-15(14)22)19(20(23,24)25,13-5-1-2-7-17(13)28)30-27-18(29)16-6-3-4-10-26-16/h3-4,6,8-11,13,17,28H,1-2,5,7H2,(H,27,29)/t13-,17-,19?/m1/s1. The van der Waals surface area contributed by atoms with E-state index in [4.69, 9.17) is 28.0 Å². The molecule has 0 spiro atoms. The summed E-state index contributed by atoms with van der Waals surface area (Å²) >= 11 is 11.9. The zero-order chi connectivity index (χ0) is 21.9. The number of hydroxylamine groups is 1. The topological polar surface area (TPSA) is 71.5 Å². The monoisotopic (exact) mass is 462 g/mol. The number of halogens is 5. The Kier molecular flexibility index (Phi) is 6.91. The molecular weight excluding hydrogens is 444 g/mol. The van der Waals surface area contributed by atoms with E-state index in [1.54, 1.807) is 6.07 Å². The van der Waals surface area contributed by atoms with Gasteiger partial charge in [0.25, 0.3) is 5.91 Å². The maximum atomic E-state index is 14.6. The number of benzene rings is 1. The van der Waals surface area contributed by atoms with Crippen LogP contribution >= 0.6 is 23.2 Å². The highest BCUT2D eigenvalue weighted by Crippen LogP contribution is 2.52. The first kappa shape index (κ1) is 22.8. The SMILES string of the molecule is O=C(NOC(c1ccc(Cl)c(Cl)c1)([C@@H]1CCCC[C@H]1O)C(F)(F)F)c1ccccn1. The molecule has 162 valence electrons. The van der Waals surface area contributed by atoms with E-state index >= 15 is 0 Å². The number of rotatable bonds is 5. The number of alkyl halides is 3. The van der Waals surface area contributed by atoms with E-state index in [-0.39, 0.29) is 34.1 Å². The number of hydrogen-bond acceptors (Lipinski definition) is 4. The van der Waals surface area contributed by atoms with E-state index in [2.05, 4.69) is 4.98 Å². The Morgan fingerprint density at radius 3 is 2.47 bits per heavy atom. The predicted octanol–water partition coefficient (Wildman–Crippen LogP) is 5.06. The van der Waals surface area contributed by atoms with Gasteiger partial charge >= 0.3 is 6.18 Å². The summed E-state index contributed by atoms with van der Waals surface area (Å²) in [6.07, 6.45) is -3.67. The van der Waals surface area contributed by atoms with Crippen molar-refractivity contribution < 1.29 is 27.9 Å². The lowest BCUT2D eigenvalue weighted by molar-refractivity contribution is -0.330. The summed E-state index contributed by atoms with van der Waals surface area (Å²) in [4.78, 5) is 21.3. The normalized spacial score (nSPS) is 21.7. The minimum Gasteiger partial charge on any atom is -0.393 e. The number of aromatic nitrogens is 1. The lowest BCUT2D eigenvalue weighted by atomic mass is 9.71. The van der Waals surface area contributed by atoms with E-state index in [0.29, 0.717) is 12.8 Å². The predicted molar refractivity (Wildman–Crippen MR) is 105 cm³/mol. The fraction of sp³-hybridized carbons (Fsp3) is 0.400. The summed E-state index contributed by atoms with van der Waals surface area (Å²) in [6, 6.07) is 7.82. The summed E-state index contributed by atoms with van der Waals surface area (Å²) < 4.78 is 43.9. The van der Waals surface area contributed by atoms with Crippen LogP contribution in [0.2, 0.25) is 10.0 Å². The maximum absolute atomic E-state index is 14.6. The second-order valence-electron chi connectivity index (χ2n) is 7.07. The molecule has 1 aromatic heterocycles. The van der Waals surface area contributed by atoms with Crippen LogP contribution in [0.4, 0.5) is 13.2 Å². The van der Waals surface area contributed by atoms with E-state index in [1.165, 1.54) is 24.4 Å². The molecule has 1 saturated carbocycles. The molecule has 1 heterocycles. The average Bonchev–Trinajstić information content (AvgIpc) is 2.71. The van der Waals surface area contributed by atoms with Crippen LogP contribution in [0.25, 0.3) is 0 Å². The second kappa shape index (κ2) is 9.09. The van der Waals surface area contributed by atoms with Crippen molar-refractivity contribution in [2.45, 2.75) is 43.6 Å². The van der Waals surface area contributed by atoms with Crippen LogP contribution in [0.15, 0.2) is 42.6 Å². The Morgan fingerprint density at radius 1 is 1.13 bits per heavy atom. The molecule has 0 saturated heterocycles. The summed E-state index contributed by atoms with van der Waals surface area (Å²) in [6.45, 7) is 0. The molecule has 1 aromatic carbocycles. The Labute approximate surface area is 181 Å². The number of nitrogens with one attached hydrogen (secondary N) is 1. The molecule has 3 rings (SSSR count). The molecule has 0 aliphatic heterocycles. The molecule has 2 N–H and O–H groups in total. The lowest BCUT2D eigenvalue weighted by Gasteiger charge is -2.45. The van der Waals surface area contributed by atoms with Gasteiger partial charge in [-0.25, -0.2) is 5.48 Å². The van der Waals surface area contributed by atoms with Gasteiger partial charge in [-0.3, -0.25) is 14.6 Å². The zero-order valence-electron chi connectivity index (χ0n) is 15.6. The van der Waals surface area contributed by atoms with Crippen molar-refractivity contribution in [2.75, 3.05) is 0 Å². The van der Waals surface area contributed by atoms with Crippen LogP contribution in [0.1, 0.15) is 41.7 Å². The molecule has 1 amide bonds. The molecule has 1 unspecified atom stereocenters. The van der Waals surface area contributed by atoms with Crippen LogP contribution < -0.4 is 5.48 Å². The highest BCUT2D eigenvalue weighted by Gasteiger charge is 2.64. The number of amides is 1. The van der Waals surface area contributed by atoms with E-state index in [0.717, 1.165) is 12.1 Å². The highest BCUT2D eigenvalue weighted by molar-refractivity contribution is 6.42. The van der Waals surface area contributed by atoms with Crippen LogP contribution in [-0.4, -0.2) is 28.3 Å². The van der Waals surface area contributed by atoms with Crippen LogP contribution in [0, 0.1) is 5.92 Å². The quantitative estimate of drug-likeness (QED) is 0.609. The number of aliphatic hydroxyl groups is 1. The Balaban J connectivity index is 2.07. The van der Waals surface area contributed by atoms with Gasteiger partial charge in [0.2, 0.25) is 5.60 Å². The first-order valence-electron chi connectivity index (χ1n) is 9.26. The lowest BCUT2D eigenvalue weighted by Crippen LogP contribution is -2.57. The Morgan fingerprint density at radius 2 is 1.87 bits per heavy atom. The number of pyridine rings is 1. The molecular formula is C20H19Cl2F3N2O3. The van der Waals surface area contributed by atoms with Crippen LogP contribution in [0.5, 0.6) is 0 Å². The molecule has 1 aliphatic rings. The van der Waals surface area contributed by atoms with E-state index in [1.807, 2.05) is 5.48 Å². The third-order valence-corrected chi connectivity index (χ3v) is 5.96. The number of aliphatic hydroxyl groups excluding tert-OH is 1. The van der Waals surface area contributed by atoms with Gasteiger partial charge in [0.15, 0.2) is 0 Å². The van der Waals surface area contributed by atoms with E-state index in [9.17, 15) is 23.1 Å². The van der Waals surface area contributed by atoms with Crippen molar-refractivity contribution in [2.24, 2.45) is 5.92 Å². The Bertz CT molecular complexity index is 899. The zero-order valence-corrected chi connectivity index (χ0v) is 17.1. The van der Waals surface area contributed by atoms with Crippen LogP contribution in [-0.2, 0) is 10.4 Å². The molecule has 2 aromatic rings. The van der Waals surface area contributed by atoms with Crippen molar-refractivity contribution in [1.82, 2.24) is 10.5 Å². The molecule has 10 heteroatoms. The maximum Gasteiger partial charge on any atom is 0.424 e. The first-order valence-corrected chi connectivity index (χ1v) is 10.0. The number of nitrogens with zero attached hydrogens (tertiary/aromatic N) is 1. The summed E-state index contributed by atoms with van der Waals surface area (Å²) in [5.41, 5.74) is -1.63. The number of hydrogen-bond donors (Lipinski definition) is 2. The second-order valence-corrected chi connectivity index (χ2v) is 7.88. The van der Waals surface area contributed by atoms with Crippen molar-refractivity contribution in [3.8, 4) is 0 Å². The van der Waals surface area contributed by atoms with Gasteiger partial charge in [-0.05, 0) is 42.7 Å². The Hall–Kier alpha value is -1.87. The van der Waals surface area contributed by atoms with Gasteiger partial charge in [0, 0.05) is 12.1 Å². The van der Waals surface area contributed by atoms with Gasteiger partial charge in [-0.15, -0.1) is 0 Å². The molecule has 0 radical (unpaired) electrons. The molecule has 30 heavy (non-hydrogen) atoms. The van der Waals surface area contributed by atoms with Gasteiger partial charge in [0.1, 0.15) is 5.69 Å². The van der Waals surface area contributed by atoms with Crippen molar-refractivity contribution >= 4 is 29.1 Å². The molecule has 5 nitrogen and oxygen atoms in total. The smallest absolute Gasteiger partial charge is 0.393 e. The molecule has 1 fully saturated rings. The highest BCUT2D eigenvalue weighted by atomic mass is 35.5.